The van der Waals surface area contributed by atoms with E-state index >= 15 is 0 Å². The minimum Gasteiger partial charge on any atom is -0.488 e. The van der Waals surface area contributed by atoms with Crippen molar-refractivity contribution in [1.82, 2.24) is 4.98 Å². The van der Waals surface area contributed by atoms with Crippen molar-refractivity contribution in [3.8, 4) is 5.75 Å². The van der Waals surface area contributed by atoms with Crippen LogP contribution in [0.3, 0.4) is 0 Å². The molecule has 0 bridgehead atoms. The highest BCUT2D eigenvalue weighted by atomic mass is 19.1. The lowest BCUT2D eigenvalue weighted by atomic mass is 10.2. The average molecular weight is 231 g/mol. The number of hydrogen-bond acceptors (Lipinski definition) is 3. The van der Waals surface area contributed by atoms with Crippen molar-refractivity contribution in [3.63, 3.8) is 0 Å². The number of aldehydes is 1. The molecule has 2 aromatic rings. The van der Waals surface area contributed by atoms with Gasteiger partial charge < -0.3 is 4.74 Å². The van der Waals surface area contributed by atoms with Crippen LogP contribution in [-0.2, 0) is 6.61 Å². The summed E-state index contributed by atoms with van der Waals surface area (Å²) >= 11 is 0. The predicted molar refractivity (Wildman–Crippen MR) is 60.4 cm³/mol. The Morgan fingerprint density at radius 3 is 2.88 bits per heavy atom. The van der Waals surface area contributed by atoms with Crippen LogP contribution in [0.1, 0.15) is 15.9 Å². The van der Waals surface area contributed by atoms with Crippen LogP contribution >= 0.6 is 0 Å². The van der Waals surface area contributed by atoms with Crippen molar-refractivity contribution >= 4 is 6.29 Å². The Morgan fingerprint density at radius 2 is 2.12 bits per heavy atom. The number of benzene rings is 1. The van der Waals surface area contributed by atoms with Crippen molar-refractivity contribution < 1.29 is 13.9 Å². The average Bonchev–Trinajstić information content (AvgIpc) is 2.37. The third-order valence-corrected chi connectivity index (χ3v) is 2.20. The normalized spacial score (nSPS) is 9.94. The van der Waals surface area contributed by atoms with E-state index in [-0.39, 0.29) is 6.61 Å². The summed E-state index contributed by atoms with van der Waals surface area (Å²) in [7, 11) is 0. The summed E-state index contributed by atoms with van der Waals surface area (Å²) in [6.45, 7) is 0.176. The molecular weight excluding hydrogens is 221 g/mol. The molecule has 0 aliphatic carbocycles. The van der Waals surface area contributed by atoms with Crippen LogP contribution in [-0.4, -0.2) is 11.3 Å². The van der Waals surface area contributed by atoms with Gasteiger partial charge in [-0.05, 0) is 18.2 Å². The lowest BCUT2D eigenvalue weighted by Gasteiger charge is -2.07. The van der Waals surface area contributed by atoms with Crippen molar-refractivity contribution in [2.45, 2.75) is 6.61 Å². The monoisotopic (exact) mass is 231 g/mol. The van der Waals surface area contributed by atoms with Crippen molar-refractivity contribution in [2.24, 2.45) is 0 Å². The summed E-state index contributed by atoms with van der Waals surface area (Å²) in [5, 5.41) is 0. The molecule has 0 saturated carbocycles. The van der Waals surface area contributed by atoms with Gasteiger partial charge in [0.25, 0.3) is 0 Å². The van der Waals surface area contributed by atoms with Gasteiger partial charge in [-0.15, -0.1) is 0 Å². The number of pyridine rings is 1. The summed E-state index contributed by atoms with van der Waals surface area (Å²) in [6.07, 6.45) is 3.37. The molecule has 0 N–H and O–H groups in total. The first-order valence-electron chi connectivity index (χ1n) is 5.06. The minimum atomic E-state index is -0.408. The van der Waals surface area contributed by atoms with Crippen LogP contribution in [0.15, 0.2) is 42.7 Å². The maximum absolute atomic E-state index is 12.9. The molecule has 0 amide bonds. The molecule has 0 aliphatic rings. The van der Waals surface area contributed by atoms with Gasteiger partial charge in [-0.3, -0.25) is 9.78 Å². The van der Waals surface area contributed by atoms with Crippen LogP contribution < -0.4 is 4.74 Å². The summed E-state index contributed by atoms with van der Waals surface area (Å²) in [5.41, 5.74) is 1.09. The standard InChI is InChI=1S/C13H10FNO2/c14-12-5-10(6-15-7-12)9-17-13-4-2-1-3-11(13)8-16/h1-8H,9H2. The summed E-state index contributed by atoms with van der Waals surface area (Å²) < 4.78 is 18.3. The van der Waals surface area contributed by atoms with Gasteiger partial charge in [0.05, 0.1) is 11.8 Å². The van der Waals surface area contributed by atoms with Gasteiger partial charge >= 0.3 is 0 Å². The molecule has 3 nitrogen and oxygen atoms in total. The van der Waals surface area contributed by atoms with E-state index < -0.39 is 5.82 Å². The number of nitrogens with zero attached hydrogens (tertiary/aromatic N) is 1. The molecule has 0 unspecified atom stereocenters. The Hall–Kier alpha value is -2.23. The first-order chi connectivity index (χ1) is 8.29. The van der Waals surface area contributed by atoms with Gasteiger partial charge in [0.15, 0.2) is 6.29 Å². The van der Waals surface area contributed by atoms with E-state index in [2.05, 4.69) is 4.98 Å². The molecule has 4 heteroatoms. The third-order valence-electron chi connectivity index (χ3n) is 2.20. The van der Waals surface area contributed by atoms with Crippen molar-refractivity contribution in [2.75, 3.05) is 0 Å². The lowest BCUT2D eigenvalue weighted by Crippen LogP contribution is -1.99. The molecule has 2 rings (SSSR count). The molecule has 0 fully saturated rings. The Labute approximate surface area is 97.9 Å². The van der Waals surface area contributed by atoms with Crippen molar-refractivity contribution in [3.05, 3.63) is 59.7 Å². The molecule has 0 saturated heterocycles. The lowest BCUT2D eigenvalue weighted by molar-refractivity contribution is 0.111. The minimum absolute atomic E-state index is 0.176. The Balaban J connectivity index is 2.09. The molecule has 1 aromatic heterocycles. The molecule has 0 spiro atoms. The molecule has 17 heavy (non-hydrogen) atoms. The van der Waals surface area contributed by atoms with E-state index in [0.717, 1.165) is 12.5 Å². The number of aromatic nitrogens is 1. The molecule has 1 heterocycles. The van der Waals surface area contributed by atoms with E-state index in [0.29, 0.717) is 16.9 Å². The number of halogens is 1. The highest BCUT2D eigenvalue weighted by molar-refractivity contribution is 5.79. The van der Waals surface area contributed by atoms with Gasteiger partial charge in [0.2, 0.25) is 0 Å². The SMILES string of the molecule is O=Cc1ccccc1OCc1cncc(F)c1. The zero-order chi connectivity index (χ0) is 12.1. The number of carbonyl (C=O) groups is 1. The molecule has 1 aromatic carbocycles. The van der Waals surface area contributed by atoms with Gasteiger partial charge in [-0.1, -0.05) is 12.1 Å². The smallest absolute Gasteiger partial charge is 0.153 e. The van der Waals surface area contributed by atoms with E-state index in [9.17, 15) is 9.18 Å². The molecule has 0 radical (unpaired) electrons. The van der Waals surface area contributed by atoms with Gasteiger partial charge in [0.1, 0.15) is 18.2 Å². The summed E-state index contributed by atoms with van der Waals surface area (Å²) in [5.74, 6) is 0.0709. The van der Waals surface area contributed by atoms with Crippen LogP contribution in [0.5, 0.6) is 5.75 Å². The number of hydrogen-bond donors (Lipinski definition) is 0. The predicted octanol–water partition coefficient (Wildman–Crippen LogP) is 2.61. The first kappa shape index (κ1) is 11.3. The van der Waals surface area contributed by atoms with Gasteiger partial charge in [-0.25, -0.2) is 4.39 Å². The Bertz CT molecular complexity index is 528. The Morgan fingerprint density at radius 1 is 1.29 bits per heavy atom. The number of carbonyl (C=O) groups excluding carboxylic acids is 1. The second-order valence-corrected chi connectivity index (χ2v) is 3.46. The Kier molecular flexibility index (Phi) is 3.45. The van der Waals surface area contributed by atoms with Crippen LogP contribution in [0.4, 0.5) is 4.39 Å². The largest absolute Gasteiger partial charge is 0.488 e. The highest BCUT2D eigenvalue weighted by Crippen LogP contribution is 2.17. The summed E-state index contributed by atoms with van der Waals surface area (Å²) in [4.78, 5) is 14.5. The fraction of sp³-hybridized carbons (Fsp3) is 0.0769. The number of ether oxygens (including phenoxy) is 1. The third kappa shape index (κ3) is 2.87. The van der Waals surface area contributed by atoms with E-state index in [1.54, 1.807) is 24.3 Å². The fourth-order valence-corrected chi connectivity index (χ4v) is 1.41. The van der Waals surface area contributed by atoms with Crippen molar-refractivity contribution in [1.29, 1.82) is 0 Å². The van der Waals surface area contributed by atoms with E-state index in [1.165, 1.54) is 12.3 Å². The fourth-order valence-electron chi connectivity index (χ4n) is 1.41. The second-order valence-electron chi connectivity index (χ2n) is 3.46. The maximum Gasteiger partial charge on any atom is 0.153 e. The van der Waals surface area contributed by atoms with Gasteiger partial charge in [0, 0.05) is 11.8 Å². The second kappa shape index (κ2) is 5.21. The molecular formula is C13H10FNO2. The zero-order valence-corrected chi connectivity index (χ0v) is 8.97. The van der Waals surface area contributed by atoms with E-state index in [1.807, 2.05) is 0 Å². The van der Waals surface area contributed by atoms with Crippen LogP contribution in [0.25, 0.3) is 0 Å². The van der Waals surface area contributed by atoms with Gasteiger partial charge in [-0.2, -0.15) is 0 Å². The first-order valence-corrected chi connectivity index (χ1v) is 5.06. The quantitative estimate of drug-likeness (QED) is 0.759. The highest BCUT2D eigenvalue weighted by Gasteiger charge is 2.02. The zero-order valence-electron chi connectivity index (χ0n) is 8.97. The summed E-state index contributed by atoms with van der Waals surface area (Å²) in [6, 6.07) is 8.21. The topological polar surface area (TPSA) is 39.2 Å². The molecule has 86 valence electrons. The maximum atomic E-state index is 12.9. The molecule has 0 atom stereocenters. The van der Waals surface area contributed by atoms with E-state index in [4.69, 9.17) is 4.74 Å². The number of para-hydroxylation sites is 1. The van der Waals surface area contributed by atoms with Crippen LogP contribution in [0, 0.1) is 5.82 Å². The molecule has 0 aliphatic heterocycles. The number of rotatable bonds is 4. The van der Waals surface area contributed by atoms with Crippen LogP contribution in [0.2, 0.25) is 0 Å².